The smallest absolute Gasteiger partial charge is 0.338 e. The zero-order valence-corrected chi connectivity index (χ0v) is 11.9. The predicted molar refractivity (Wildman–Crippen MR) is 77.3 cm³/mol. The number of esters is 1. The van der Waals surface area contributed by atoms with E-state index in [1.54, 1.807) is 0 Å². The van der Waals surface area contributed by atoms with E-state index in [9.17, 15) is 9.59 Å². The van der Waals surface area contributed by atoms with E-state index in [2.05, 4.69) is 5.32 Å². The molecule has 0 radical (unpaired) electrons. The highest BCUT2D eigenvalue weighted by Crippen LogP contribution is 2.26. The van der Waals surface area contributed by atoms with Crippen molar-refractivity contribution in [2.45, 2.75) is 13.3 Å². The summed E-state index contributed by atoms with van der Waals surface area (Å²) >= 11 is 0. The van der Waals surface area contributed by atoms with Crippen molar-refractivity contribution in [2.75, 3.05) is 31.7 Å². The molecule has 0 bridgehead atoms. The van der Waals surface area contributed by atoms with E-state index in [0.717, 1.165) is 6.42 Å². The molecule has 0 aliphatic carbocycles. The number of anilines is 1. The van der Waals surface area contributed by atoms with E-state index in [1.807, 2.05) is 6.92 Å². The zero-order chi connectivity index (χ0) is 15.7. The first-order valence-corrected chi connectivity index (χ1v) is 6.67. The minimum Gasteiger partial charge on any atom is -0.489 e. The third-order valence-corrected chi connectivity index (χ3v) is 2.46. The van der Waals surface area contributed by atoms with Crippen LogP contribution in [0.3, 0.4) is 0 Å². The topological polar surface area (TPSA) is 111 Å². The number of benzene rings is 1. The van der Waals surface area contributed by atoms with Gasteiger partial charge in [0.05, 0.1) is 31.0 Å². The molecule has 0 aromatic heterocycles. The van der Waals surface area contributed by atoms with Gasteiger partial charge in [-0.2, -0.15) is 0 Å². The van der Waals surface area contributed by atoms with E-state index in [4.69, 9.17) is 20.3 Å². The molecule has 0 aliphatic heterocycles. The molecule has 21 heavy (non-hydrogen) atoms. The SMILES string of the molecule is CCCOC(=O)c1ccc(NC(=O)CN)c(OCCO)c1. The second-order valence-electron chi connectivity index (χ2n) is 4.17. The van der Waals surface area contributed by atoms with Crippen LogP contribution >= 0.6 is 0 Å². The van der Waals surface area contributed by atoms with E-state index in [1.165, 1.54) is 18.2 Å². The molecule has 0 saturated carbocycles. The normalized spacial score (nSPS) is 10.0. The Bertz CT molecular complexity index is 490. The Morgan fingerprint density at radius 1 is 1.33 bits per heavy atom. The van der Waals surface area contributed by atoms with Crippen LogP contribution in [0.1, 0.15) is 23.7 Å². The van der Waals surface area contributed by atoms with Crippen molar-refractivity contribution in [1.82, 2.24) is 0 Å². The van der Waals surface area contributed by atoms with E-state index in [0.29, 0.717) is 17.9 Å². The molecule has 0 unspecified atom stereocenters. The molecule has 7 nitrogen and oxygen atoms in total. The number of ether oxygens (including phenoxy) is 2. The molecule has 1 rings (SSSR count). The number of aliphatic hydroxyl groups is 1. The summed E-state index contributed by atoms with van der Waals surface area (Å²) in [5, 5.41) is 11.4. The average molecular weight is 296 g/mol. The molecule has 0 heterocycles. The number of nitrogens with two attached hydrogens (primary N) is 1. The minimum absolute atomic E-state index is 0.0406. The molecule has 7 heteroatoms. The quantitative estimate of drug-likeness (QED) is 0.603. The van der Waals surface area contributed by atoms with Gasteiger partial charge < -0.3 is 25.6 Å². The summed E-state index contributed by atoms with van der Waals surface area (Å²) in [6.07, 6.45) is 0.726. The van der Waals surface area contributed by atoms with Gasteiger partial charge in [-0.15, -0.1) is 0 Å². The van der Waals surface area contributed by atoms with Gasteiger partial charge >= 0.3 is 5.97 Å². The molecule has 116 valence electrons. The van der Waals surface area contributed by atoms with Gasteiger partial charge in [-0.3, -0.25) is 4.79 Å². The van der Waals surface area contributed by atoms with Crippen LogP contribution in [-0.2, 0) is 9.53 Å². The maximum absolute atomic E-state index is 11.8. The maximum Gasteiger partial charge on any atom is 0.338 e. The standard InChI is InChI=1S/C14H20N2O5/c1-2-6-21-14(19)10-3-4-11(16-13(18)9-15)12(8-10)20-7-5-17/h3-4,8,17H,2,5-7,9,15H2,1H3,(H,16,18). The minimum atomic E-state index is -0.470. The Hall–Kier alpha value is -2.12. The zero-order valence-electron chi connectivity index (χ0n) is 11.9. The van der Waals surface area contributed by atoms with Gasteiger partial charge in [0.2, 0.25) is 5.91 Å². The predicted octanol–water partition coefficient (Wildman–Crippen LogP) is 0.522. The van der Waals surface area contributed by atoms with Crippen LogP contribution in [0.2, 0.25) is 0 Å². The van der Waals surface area contributed by atoms with E-state index >= 15 is 0 Å². The number of nitrogens with one attached hydrogen (secondary N) is 1. The maximum atomic E-state index is 11.8. The Kier molecular flexibility index (Phi) is 7.20. The van der Waals surface area contributed by atoms with Gasteiger partial charge in [0.1, 0.15) is 12.4 Å². The molecule has 0 spiro atoms. The average Bonchev–Trinajstić information content (AvgIpc) is 2.51. The lowest BCUT2D eigenvalue weighted by Gasteiger charge is -2.13. The summed E-state index contributed by atoms with van der Waals surface area (Å²) in [7, 11) is 0. The second-order valence-corrected chi connectivity index (χ2v) is 4.17. The molecule has 1 amide bonds. The number of hydrogen-bond donors (Lipinski definition) is 3. The first-order chi connectivity index (χ1) is 10.1. The van der Waals surface area contributed by atoms with Gasteiger partial charge in [-0.25, -0.2) is 4.79 Å². The van der Waals surface area contributed by atoms with Crippen molar-refractivity contribution in [1.29, 1.82) is 0 Å². The number of aliphatic hydroxyl groups excluding tert-OH is 1. The first-order valence-electron chi connectivity index (χ1n) is 6.67. The Labute approximate surface area is 123 Å². The summed E-state index contributed by atoms with van der Waals surface area (Å²) in [4.78, 5) is 23.1. The molecule has 1 aromatic rings. The number of amides is 1. The van der Waals surface area contributed by atoms with Crippen molar-refractivity contribution >= 4 is 17.6 Å². The molecule has 0 atom stereocenters. The van der Waals surface area contributed by atoms with E-state index in [-0.39, 0.29) is 31.4 Å². The molecule has 0 aliphatic rings. The fourth-order valence-corrected chi connectivity index (χ4v) is 1.51. The number of hydrogen-bond acceptors (Lipinski definition) is 6. The summed E-state index contributed by atoms with van der Waals surface area (Å²) in [5.41, 5.74) is 5.92. The van der Waals surface area contributed by atoms with Gasteiger partial charge in [0.25, 0.3) is 0 Å². The van der Waals surface area contributed by atoms with Crippen LogP contribution in [0, 0.1) is 0 Å². The van der Waals surface area contributed by atoms with Crippen LogP contribution in [0.25, 0.3) is 0 Å². The van der Waals surface area contributed by atoms with Gasteiger partial charge in [-0.1, -0.05) is 6.92 Å². The van der Waals surface area contributed by atoms with Crippen LogP contribution in [0.5, 0.6) is 5.75 Å². The molecule has 4 N–H and O–H groups in total. The first kappa shape index (κ1) is 16.9. The third-order valence-electron chi connectivity index (χ3n) is 2.46. The molecule has 1 aromatic carbocycles. The number of carbonyl (C=O) groups excluding carboxylic acids is 2. The molecular weight excluding hydrogens is 276 g/mol. The Morgan fingerprint density at radius 2 is 2.10 bits per heavy atom. The molecule has 0 fully saturated rings. The van der Waals surface area contributed by atoms with Crippen molar-refractivity contribution in [2.24, 2.45) is 5.73 Å². The highest BCUT2D eigenvalue weighted by molar-refractivity contribution is 5.95. The fourth-order valence-electron chi connectivity index (χ4n) is 1.51. The number of rotatable bonds is 8. The van der Waals surface area contributed by atoms with Crippen LogP contribution in [0.4, 0.5) is 5.69 Å². The fraction of sp³-hybridized carbons (Fsp3) is 0.429. The van der Waals surface area contributed by atoms with E-state index < -0.39 is 5.97 Å². The highest BCUT2D eigenvalue weighted by Gasteiger charge is 2.13. The van der Waals surface area contributed by atoms with Crippen molar-refractivity contribution < 1.29 is 24.2 Å². The van der Waals surface area contributed by atoms with Gasteiger partial charge in [-0.05, 0) is 24.6 Å². The number of carbonyl (C=O) groups is 2. The monoisotopic (exact) mass is 296 g/mol. The lowest BCUT2D eigenvalue weighted by Crippen LogP contribution is -2.22. The summed E-state index contributed by atoms with van der Waals surface area (Å²) in [6, 6.07) is 4.51. The Balaban J connectivity index is 2.94. The van der Waals surface area contributed by atoms with Crippen LogP contribution in [0.15, 0.2) is 18.2 Å². The van der Waals surface area contributed by atoms with Crippen LogP contribution in [-0.4, -0.2) is 43.3 Å². The third kappa shape index (κ3) is 5.41. The lowest BCUT2D eigenvalue weighted by atomic mass is 10.2. The highest BCUT2D eigenvalue weighted by atomic mass is 16.5. The summed E-state index contributed by atoms with van der Waals surface area (Å²) in [5.74, 6) is -0.579. The van der Waals surface area contributed by atoms with Crippen molar-refractivity contribution in [3.63, 3.8) is 0 Å². The van der Waals surface area contributed by atoms with Crippen LogP contribution < -0.4 is 15.8 Å². The van der Waals surface area contributed by atoms with Gasteiger partial charge in [0.15, 0.2) is 0 Å². The molecule has 0 saturated heterocycles. The summed E-state index contributed by atoms with van der Waals surface area (Å²) in [6.45, 7) is 1.92. The van der Waals surface area contributed by atoms with Crippen molar-refractivity contribution in [3.8, 4) is 5.75 Å². The summed E-state index contributed by atoms with van der Waals surface area (Å²) < 4.78 is 10.3. The second kappa shape index (κ2) is 8.93. The lowest BCUT2D eigenvalue weighted by molar-refractivity contribution is -0.114. The van der Waals surface area contributed by atoms with Crippen molar-refractivity contribution in [3.05, 3.63) is 23.8 Å². The largest absolute Gasteiger partial charge is 0.489 e. The molecular formula is C14H20N2O5. The Morgan fingerprint density at radius 3 is 2.71 bits per heavy atom. The van der Waals surface area contributed by atoms with Gasteiger partial charge in [0, 0.05) is 0 Å².